The number of benzene rings is 4. The second-order valence-electron chi connectivity index (χ2n) is 7.75. The first-order valence-electron chi connectivity index (χ1n) is 10.6. The van der Waals surface area contributed by atoms with Crippen molar-refractivity contribution in [2.75, 3.05) is 0 Å². The summed E-state index contributed by atoms with van der Waals surface area (Å²) in [7, 11) is 0. The molecule has 5 rings (SSSR count). The Bertz CT molecular complexity index is 1160. The highest BCUT2D eigenvalue weighted by atomic mass is 15.3. The lowest BCUT2D eigenvalue weighted by Crippen LogP contribution is -2.38. The highest BCUT2D eigenvalue weighted by Gasteiger charge is 2.39. The van der Waals surface area contributed by atoms with Gasteiger partial charge in [-0.2, -0.15) is 5.10 Å². The predicted molar refractivity (Wildman–Crippen MR) is 127 cm³/mol. The van der Waals surface area contributed by atoms with Gasteiger partial charge < -0.3 is 0 Å². The van der Waals surface area contributed by atoms with Crippen LogP contribution in [-0.2, 0) is 5.54 Å². The molecule has 0 fully saturated rings. The fourth-order valence-corrected chi connectivity index (χ4v) is 4.47. The number of hydrogen-bond donors (Lipinski definition) is 0. The minimum absolute atomic E-state index is 0.582. The molecule has 0 atom stereocenters. The van der Waals surface area contributed by atoms with Gasteiger partial charge in [-0.15, -0.1) is 0 Å². The summed E-state index contributed by atoms with van der Waals surface area (Å²) in [6.45, 7) is 2.09. The number of hydrogen-bond acceptors (Lipinski definition) is 1. The van der Waals surface area contributed by atoms with E-state index in [4.69, 9.17) is 5.10 Å². The van der Waals surface area contributed by atoms with Crippen LogP contribution in [0.25, 0.3) is 11.1 Å². The molecule has 4 aromatic carbocycles. The molecule has 1 aromatic heterocycles. The average molecular weight is 401 g/mol. The summed E-state index contributed by atoms with van der Waals surface area (Å²) >= 11 is 0. The molecule has 0 saturated heterocycles. The molecule has 2 heteroatoms. The van der Waals surface area contributed by atoms with Gasteiger partial charge in [0.05, 0.1) is 5.69 Å². The second-order valence-corrected chi connectivity index (χ2v) is 7.75. The van der Waals surface area contributed by atoms with Gasteiger partial charge in [0.2, 0.25) is 0 Å². The summed E-state index contributed by atoms with van der Waals surface area (Å²) in [4.78, 5) is 0. The molecule has 31 heavy (non-hydrogen) atoms. The quantitative estimate of drug-likeness (QED) is 0.300. The van der Waals surface area contributed by atoms with Crippen molar-refractivity contribution in [1.82, 2.24) is 9.78 Å². The first-order valence-corrected chi connectivity index (χ1v) is 10.6. The van der Waals surface area contributed by atoms with Crippen LogP contribution in [0.15, 0.2) is 128 Å². The first-order chi connectivity index (χ1) is 15.3. The maximum atomic E-state index is 5.11. The van der Waals surface area contributed by atoms with E-state index in [0.29, 0.717) is 0 Å². The highest BCUT2D eigenvalue weighted by Crippen LogP contribution is 2.41. The Morgan fingerprint density at radius 1 is 0.548 bits per heavy atom. The Kier molecular flexibility index (Phi) is 4.97. The van der Waals surface area contributed by atoms with E-state index in [9.17, 15) is 0 Å². The van der Waals surface area contributed by atoms with Gasteiger partial charge in [0.25, 0.3) is 0 Å². The molecular weight excluding hydrogens is 376 g/mol. The van der Waals surface area contributed by atoms with Gasteiger partial charge in [0.15, 0.2) is 0 Å². The van der Waals surface area contributed by atoms with E-state index >= 15 is 0 Å². The predicted octanol–water partition coefficient (Wildman–Crippen LogP) is 6.70. The molecule has 0 amide bonds. The maximum Gasteiger partial charge on any atom is 0.138 e. The lowest BCUT2D eigenvalue weighted by molar-refractivity contribution is 0.458. The molecule has 0 radical (unpaired) electrons. The van der Waals surface area contributed by atoms with Gasteiger partial charge in [0.1, 0.15) is 5.54 Å². The third-order valence-corrected chi connectivity index (χ3v) is 5.90. The van der Waals surface area contributed by atoms with Crippen LogP contribution in [0.4, 0.5) is 0 Å². The molecule has 0 aliphatic carbocycles. The standard InChI is InChI=1S/C29H24N2/c1-23-28(24-14-6-2-7-15-24)22-31(30-23)29(25-16-8-3-9-17-25,26-18-10-4-11-19-26)27-20-12-5-13-21-27/h2-22H,1H3. The van der Waals surface area contributed by atoms with E-state index in [2.05, 4.69) is 133 Å². The summed E-state index contributed by atoms with van der Waals surface area (Å²) in [5.74, 6) is 0. The fourth-order valence-electron chi connectivity index (χ4n) is 4.47. The van der Waals surface area contributed by atoms with Crippen molar-refractivity contribution in [1.29, 1.82) is 0 Å². The highest BCUT2D eigenvalue weighted by molar-refractivity contribution is 5.65. The van der Waals surface area contributed by atoms with Gasteiger partial charge in [-0.1, -0.05) is 121 Å². The summed E-state index contributed by atoms with van der Waals surface area (Å²) in [6.07, 6.45) is 2.19. The number of nitrogens with zero attached hydrogens (tertiary/aromatic N) is 2. The minimum Gasteiger partial charge on any atom is -0.252 e. The molecule has 2 nitrogen and oxygen atoms in total. The zero-order valence-electron chi connectivity index (χ0n) is 17.5. The van der Waals surface area contributed by atoms with E-state index < -0.39 is 5.54 Å². The summed E-state index contributed by atoms with van der Waals surface area (Å²) in [5, 5.41) is 5.11. The first kappa shape index (κ1) is 19.1. The van der Waals surface area contributed by atoms with Gasteiger partial charge >= 0.3 is 0 Å². The normalized spacial score (nSPS) is 11.4. The zero-order chi connectivity index (χ0) is 21.1. The number of rotatable bonds is 5. The second kappa shape index (κ2) is 8.08. The topological polar surface area (TPSA) is 17.8 Å². The molecule has 0 N–H and O–H groups in total. The van der Waals surface area contributed by atoms with Gasteiger partial charge in [-0.05, 0) is 29.2 Å². The van der Waals surface area contributed by atoms with Crippen molar-refractivity contribution in [3.8, 4) is 11.1 Å². The van der Waals surface area contributed by atoms with Crippen molar-refractivity contribution in [3.63, 3.8) is 0 Å². The van der Waals surface area contributed by atoms with Crippen LogP contribution in [0.2, 0.25) is 0 Å². The van der Waals surface area contributed by atoms with Crippen LogP contribution >= 0.6 is 0 Å². The summed E-state index contributed by atoms with van der Waals surface area (Å²) < 4.78 is 2.14. The number of aryl methyl sites for hydroxylation is 1. The van der Waals surface area contributed by atoms with Crippen molar-refractivity contribution < 1.29 is 0 Å². The van der Waals surface area contributed by atoms with Crippen LogP contribution < -0.4 is 0 Å². The largest absolute Gasteiger partial charge is 0.252 e. The van der Waals surface area contributed by atoms with Gasteiger partial charge in [0, 0.05) is 11.8 Å². The molecule has 0 bridgehead atoms. The Balaban J connectivity index is 1.86. The van der Waals surface area contributed by atoms with Crippen molar-refractivity contribution in [2.45, 2.75) is 12.5 Å². The number of aromatic nitrogens is 2. The SMILES string of the molecule is Cc1nn(C(c2ccccc2)(c2ccccc2)c2ccccc2)cc1-c1ccccc1. The minimum atomic E-state index is -0.582. The van der Waals surface area contributed by atoms with E-state index in [1.807, 2.05) is 6.07 Å². The lowest BCUT2D eigenvalue weighted by atomic mass is 9.77. The molecule has 0 saturated carbocycles. The summed E-state index contributed by atoms with van der Waals surface area (Å²) in [6, 6.07) is 42.4. The molecule has 0 aliphatic heterocycles. The Labute approximate surface area is 183 Å². The Hall–Kier alpha value is -3.91. The smallest absolute Gasteiger partial charge is 0.138 e. The monoisotopic (exact) mass is 400 g/mol. The maximum absolute atomic E-state index is 5.11. The van der Waals surface area contributed by atoms with Crippen molar-refractivity contribution in [3.05, 3.63) is 150 Å². The molecule has 5 aromatic rings. The molecule has 150 valence electrons. The molecule has 0 spiro atoms. The Morgan fingerprint density at radius 3 is 1.35 bits per heavy atom. The van der Waals surface area contributed by atoms with E-state index in [0.717, 1.165) is 11.3 Å². The third-order valence-electron chi connectivity index (χ3n) is 5.90. The van der Waals surface area contributed by atoms with Crippen LogP contribution in [-0.4, -0.2) is 9.78 Å². The van der Waals surface area contributed by atoms with Crippen molar-refractivity contribution >= 4 is 0 Å². The molecule has 0 aliphatic rings. The van der Waals surface area contributed by atoms with Gasteiger partial charge in [-0.3, -0.25) is 4.68 Å². The summed E-state index contributed by atoms with van der Waals surface area (Å²) in [5.41, 5.74) is 6.28. The van der Waals surface area contributed by atoms with Gasteiger partial charge in [-0.25, -0.2) is 0 Å². The van der Waals surface area contributed by atoms with E-state index in [-0.39, 0.29) is 0 Å². The average Bonchev–Trinajstić information content (AvgIpc) is 3.24. The van der Waals surface area contributed by atoms with Crippen LogP contribution in [0.1, 0.15) is 22.4 Å². The van der Waals surface area contributed by atoms with Crippen LogP contribution in [0, 0.1) is 6.92 Å². The van der Waals surface area contributed by atoms with E-state index in [1.165, 1.54) is 22.3 Å². The van der Waals surface area contributed by atoms with Crippen LogP contribution in [0.3, 0.4) is 0 Å². The van der Waals surface area contributed by atoms with E-state index in [1.54, 1.807) is 0 Å². The fraction of sp³-hybridized carbons (Fsp3) is 0.0690. The molecule has 0 unspecified atom stereocenters. The molecule has 1 heterocycles. The Morgan fingerprint density at radius 2 is 0.935 bits per heavy atom. The zero-order valence-corrected chi connectivity index (χ0v) is 17.5. The third kappa shape index (κ3) is 3.27. The molecular formula is C29H24N2. The van der Waals surface area contributed by atoms with Crippen molar-refractivity contribution in [2.24, 2.45) is 0 Å². The van der Waals surface area contributed by atoms with Crippen LogP contribution in [0.5, 0.6) is 0 Å². The lowest BCUT2D eigenvalue weighted by Gasteiger charge is -2.36.